The van der Waals surface area contributed by atoms with Crippen LogP contribution in [-0.4, -0.2) is 105 Å². The Morgan fingerprint density at radius 2 is 1.68 bits per heavy atom. The number of aromatic hydroxyl groups is 1. The number of primary amides is 1. The number of aryl methyl sites for hydroxylation is 1. The molecule has 2 amide bonds. The molecule has 1 fully saturated rings. The minimum atomic E-state index is -2.64. The number of likely N-dealkylation sites (N-methyl/N-ethyl adjacent to an activating group) is 1. The molecule has 0 heterocycles. The van der Waals surface area contributed by atoms with E-state index in [9.17, 15) is 39.6 Å². The van der Waals surface area contributed by atoms with E-state index >= 15 is 0 Å². The number of phenolic OH excluding ortho intramolecular Hbond substituents is 1. The Balaban J connectivity index is 0.000000369. The number of rotatable bonds is 8. The van der Waals surface area contributed by atoms with E-state index in [4.69, 9.17) is 5.73 Å². The highest BCUT2D eigenvalue weighted by Gasteiger charge is 2.64. The number of hydrogen-bond donors (Lipinski definition) is 6. The molecule has 7 N–H and O–H groups in total. The second-order valence-electron chi connectivity index (χ2n) is 14.2. The maximum Gasteiger partial charge on any atom is 0.255 e. The van der Waals surface area contributed by atoms with Crippen molar-refractivity contribution < 1.29 is 39.6 Å². The first kappa shape index (κ1) is 38.3. The number of carbonyl (C=O) groups excluding carboxylic acids is 4. The molecular weight excluding hydrogens is 640 g/mol. The van der Waals surface area contributed by atoms with E-state index in [0.717, 1.165) is 29.8 Å². The number of benzene rings is 2. The first-order valence-electron chi connectivity index (χ1n) is 16.9. The minimum absolute atomic E-state index is 0.0486. The Hall–Kier alpha value is -4.52. The van der Waals surface area contributed by atoms with Crippen molar-refractivity contribution in [2.45, 2.75) is 78.1 Å². The van der Waals surface area contributed by atoms with E-state index in [1.54, 1.807) is 27.1 Å². The molecule has 0 bridgehead atoms. The second kappa shape index (κ2) is 14.8. The van der Waals surface area contributed by atoms with E-state index in [1.165, 1.54) is 11.0 Å². The van der Waals surface area contributed by atoms with Gasteiger partial charge in [-0.25, -0.2) is 0 Å². The van der Waals surface area contributed by atoms with Gasteiger partial charge in [0.05, 0.1) is 11.6 Å². The topological polar surface area (TPSA) is 194 Å². The van der Waals surface area contributed by atoms with Crippen molar-refractivity contribution in [1.29, 1.82) is 0 Å². The van der Waals surface area contributed by atoms with E-state index in [-0.39, 0.29) is 35.6 Å². The van der Waals surface area contributed by atoms with Gasteiger partial charge in [-0.3, -0.25) is 29.0 Å². The molecule has 3 aliphatic carbocycles. The van der Waals surface area contributed by atoms with Crippen LogP contribution in [0.15, 0.2) is 53.3 Å². The summed E-state index contributed by atoms with van der Waals surface area (Å²) in [6.45, 7) is 13.9. The van der Waals surface area contributed by atoms with Crippen LogP contribution < -0.4 is 11.1 Å². The number of phenols is 1. The highest BCUT2D eigenvalue weighted by atomic mass is 16.3. The lowest BCUT2D eigenvalue weighted by Crippen LogP contribution is -2.65. The molecule has 0 radical (unpaired) electrons. The average Bonchev–Trinajstić information content (AvgIpc) is 3.00. The van der Waals surface area contributed by atoms with Crippen molar-refractivity contribution >= 4 is 29.1 Å². The minimum Gasteiger partial charge on any atom is -0.508 e. The van der Waals surface area contributed by atoms with Gasteiger partial charge in [-0.2, -0.15) is 0 Å². The average molecular weight is 691 g/mol. The van der Waals surface area contributed by atoms with Crippen LogP contribution in [0.1, 0.15) is 57.7 Å². The van der Waals surface area contributed by atoms with Crippen LogP contribution in [0, 0.1) is 18.8 Å². The van der Waals surface area contributed by atoms with Gasteiger partial charge >= 0.3 is 0 Å². The summed E-state index contributed by atoms with van der Waals surface area (Å²) in [5, 5.41) is 47.4. The van der Waals surface area contributed by atoms with Crippen molar-refractivity contribution in [3.63, 3.8) is 0 Å². The normalized spacial score (nSPS) is 23.1. The second-order valence-corrected chi connectivity index (χ2v) is 14.2. The van der Waals surface area contributed by atoms with Crippen molar-refractivity contribution in [2.24, 2.45) is 17.6 Å². The summed E-state index contributed by atoms with van der Waals surface area (Å²) in [6.07, 6.45) is 0.293. The van der Waals surface area contributed by atoms with Crippen LogP contribution >= 0.6 is 0 Å². The van der Waals surface area contributed by atoms with Gasteiger partial charge in [-0.05, 0) is 90.2 Å². The molecule has 5 rings (SSSR count). The number of aliphatic hydroxyl groups excluding tert-OH is 2. The molecule has 0 aromatic heterocycles. The summed E-state index contributed by atoms with van der Waals surface area (Å²) < 4.78 is 0. The fourth-order valence-corrected chi connectivity index (χ4v) is 7.80. The molecule has 270 valence electrons. The van der Waals surface area contributed by atoms with Crippen LogP contribution in [0.5, 0.6) is 5.75 Å². The number of carbonyl (C=O) groups is 4. The molecule has 50 heavy (non-hydrogen) atoms. The van der Waals surface area contributed by atoms with Gasteiger partial charge in [-0.15, -0.1) is 0 Å². The van der Waals surface area contributed by atoms with Gasteiger partial charge in [0.15, 0.2) is 11.4 Å². The number of Topliss-reactive ketones (excluding diaryl/α,β-unsaturated/α-hetero) is 2. The quantitative estimate of drug-likeness (QED) is 0.224. The predicted molar refractivity (Wildman–Crippen MR) is 190 cm³/mol. The standard InChI is InChI=1S/C28H28N2O7.C10H22N2O/c1-12-5-4-6-13(9-12)15-7-8-18(31)20-16(15)10-14-11-17-22(30(2)3)24(33)21(27(29)36)26(35)28(17,37)25(34)19(14)23(20)32;1-8(2)12(9(3)4)7-6-11-10(5)13/h4-9,14,17,22,31-32,35,37H,10-11H2,1-3H3,(H2,29,36);8-9H,6-7H2,1-5H3,(H,11,13)/t14-,17-,22-,28-;/m0./s1. The van der Waals surface area contributed by atoms with Crippen molar-refractivity contribution in [1.82, 2.24) is 15.1 Å². The largest absolute Gasteiger partial charge is 0.508 e. The first-order chi connectivity index (χ1) is 23.3. The summed E-state index contributed by atoms with van der Waals surface area (Å²) in [5.74, 6) is -6.56. The Labute approximate surface area is 293 Å². The zero-order chi connectivity index (χ0) is 37.4. The van der Waals surface area contributed by atoms with E-state index in [0.29, 0.717) is 17.6 Å². The van der Waals surface area contributed by atoms with Gasteiger partial charge in [-0.1, -0.05) is 35.9 Å². The number of nitrogens with zero attached hydrogens (tertiary/aromatic N) is 2. The Kier molecular flexibility index (Phi) is 11.3. The Morgan fingerprint density at radius 1 is 1.04 bits per heavy atom. The SMILES string of the molecule is CC(=O)NCCN(C(C)C)C(C)C.Cc1cccc(-c2ccc(O)c3c2C[C@H]2C[C@H]4[C@H](N(C)C)C(=O)C(C(N)=O)=C(O)[C@@]4(O)C(=O)C2=C3O)c1. The molecule has 0 saturated heterocycles. The van der Waals surface area contributed by atoms with Gasteiger partial charge in [0, 0.05) is 43.6 Å². The summed E-state index contributed by atoms with van der Waals surface area (Å²) in [4.78, 5) is 53.6. The molecule has 12 nitrogen and oxygen atoms in total. The number of fused-ring (bicyclic) bond motifs is 3. The third kappa shape index (κ3) is 6.92. The molecular formula is C38H50N4O8. The summed E-state index contributed by atoms with van der Waals surface area (Å²) in [6, 6.07) is 10.9. The molecule has 2 aromatic carbocycles. The van der Waals surface area contributed by atoms with Gasteiger partial charge < -0.3 is 31.5 Å². The van der Waals surface area contributed by atoms with Crippen LogP contribution in [0.25, 0.3) is 16.9 Å². The molecule has 2 aromatic rings. The van der Waals surface area contributed by atoms with Crippen LogP contribution in [0.4, 0.5) is 0 Å². The number of hydrogen-bond acceptors (Lipinski definition) is 10. The number of amides is 2. The molecule has 12 heteroatoms. The third-order valence-corrected chi connectivity index (χ3v) is 10.0. The van der Waals surface area contributed by atoms with Gasteiger partial charge in [0.25, 0.3) is 5.91 Å². The predicted octanol–water partition coefficient (Wildman–Crippen LogP) is 3.18. The van der Waals surface area contributed by atoms with E-state index in [1.807, 2.05) is 31.2 Å². The Bertz CT molecular complexity index is 1750. The van der Waals surface area contributed by atoms with Crippen molar-refractivity contribution in [3.05, 3.63) is 70.0 Å². The molecule has 4 atom stereocenters. The fraction of sp³-hybridized carbons (Fsp3) is 0.474. The zero-order valence-electron chi connectivity index (χ0n) is 30.1. The molecule has 1 saturated carbocycles. The van der Waals surface area contributed by atoms with Crippen molar-refractivity contribution in [3.8, 4) is 16.9 Å². The summed E-state index contributed by atoms with van der Waals surface area (Å²) in [5.41, 5.74) is 5.10. The zero-order valence-corrected chi connectivity index (χ0v) is 30.1. The molecule has 0 aliphatic heterocycles. The number of ketones is 2. The highest BCUT2D eigenvalue weighted by Crippen LogP contribution is 2.53. The van der Waals surface area contributed by atoms with E-state index < -0.39 is 58.0 Å². The molecule has 0 unspecified atom stereocenters. The summed E-state index contributed by atoms with van der Waals surface area (Å²) in [7, 11) is 3.14. The van der Waals surface area contributed by atoms with Crippen LogP contribution in [0.2, 0.25) is 0 Å². The van der Waals surface area contributed by atoms with Crippen LogP contribution in [0.3, 0.4) is 0 Å². The highest BCUT2D eigenvalue weighted by molar-refractivity contribution is 6.24. The van der Waals surface area contributed by atoms with Crippen molar-refractivity contribution in [2.75, 3.05) is 27.2 Å². The molecule has 3 aliphatic rings. The lowest BCUT2D eigenvalue weighted by molar-refractivity contribution is -0.153. The fourth-order valence-electron chi connectivity index (χ4n) is 7.80. The first-order valence-corrected chi connectivity index (χ1v) is 16.9. The lowest BCUT2D eigenvalue weighted by Gasteiger charge is -2.50. The lowest BCUT2D eigenvalue weighted by atomic mass is 9.57. The molecule has 0 spiro atoms. The van der Waals surface area contributed by atoms with Gasteiger partial charge in [0.2, 0.25) is 11.7 Å². The Morgan fingerprint density at radius 3 is 2.22 bits per heavy atom. The van der Waals surface area contributed by atoms with Crippen LogP contribution in [-0.2, 0) is 25.6 Å². The number of nitrogens with two attached hydrogens (primary N) is 1. The summed E-state index contributed by atoms with van der Waals surface area (Å²) >= 11 is 0. The monoisotopic (exact) mass is 690 g/mol. The smallest absolute Gasteiger partial charge is 0.255 e. The number of aliphatic hydroxyl groups is 3. The maximum absolute atomic E-state index is 13.9. The number of nitrogens with one attached hydrogen (secondary N) is 1. The maximum atomic E-state index is 13.9. The van der Waals surface area contributed by atoms with E-state index in [2.05, 4.69) is 37.9 Å². The third-order valence-electron chi connectivity index (χ3n) is 10.0. The van der Waals surface area contributed by atoms with Gasteiger partial charge in [0.1, 0.15) is 22.8 Å².